The standard InChI is InChI=1S/C18H33ClN2O6S/c1-5-6-10-7-11(21(3)8-10)17(25)20-12(9(2)19)16-14(23)13(22)15(24)18(27-16)28(4)26/h9-16,18,22-24H,5-8H2,1-4H3,(H,20,25)/t9?,10?,11-,12?,13?,14-,15?,16?,18-,28?/m1/s1. The summed E-state index contributed by atoms with van der Waals surface area (Å²) < 4.78 is 17.5. The largest absolute Gasteiger partial charge is 0.388 e. The molecule has 0 saturated carbocycles. The number of halogens is 1. The second kappa shape index (κ2) is 10.1. The van der Waals surface area contributed by atoms with Crippen LogP contribution in [0.5, 0.6) is 0 Å². The quantitative estimate of drug-likeness (QED) is 0.390. The van der Waals surface area contributed by atoms with Crippen LogP contribution in [-0.2, 0) is 20.3 Å². The molecule has 2 saturated heterocycles. The average molecular weight is 441 g/mol. The van der Waals surface area contributed by atoms with Gasteiger partial charge in [0, 0.05) is 12.8 Å². The summed E-state index contributed by atoms with van der Waals surface area (Å²) in [5.74, 6) is 0.238. The summed E-state index contributed by atoms with van der Waals surface area (Å²) in [6, 6.07) is -1.13. The molecule has 2 aliphatic heterocycles. The summed E-state index contributed by atoms with van der Waals surface area (Å²) in [7, 11) is 0.301. The lowest BCUT2D eigenvalue weighted by atomic mass is 9.92. The van der Waals surface area contributed by atoms with E-state index >= 15 is 0 Å². The number of aliphatic hydroxyl groups is 3. The highest BCUT2D eigenvalue weighted by Crippen LogP contribution is 2.29. The Bertz CT molecular complexity index is 568. The molecule has 10 heteroatoms. The van der Waals surface area contributed by atoms with Crippen molar-refractivity contribution < 1.29 is 29.1 Å². The van der Waals surface area contributed by atoms with Crippen LogP contribution in [0.25, 0.3) is 0 Å². The first-order valence-electron chi connectivity index (χ1n) is 9.75. The van der Waals surface area contributed by atoms with Gasteiger partial charge in [-0.2, -0.15) is 0 Å². The molecular formula is C18H33ClN2O6S. The van der Waals surface area contributed by atoms with E-state index in [-0.39, 0.29) is 11.9 Å². The monoisotopic (exact) mass is 440 g/mol. The number of nitrogens with one attached hydrogen (secondary N) is 1. The van der Waals surface area contributed by atoms with Gasteiger partial charge >= 0.3 is 0 Å². The van der Waals surface area contributed by atoms with Gasteiger partial charge in [0.15, 0.2) is 5.44 Å². The SMILES string of the molecule is CCCC1C[C@H](C(=O)NC(C(C)Cl)C2O[C@H](S(C)=O)C(O)C(O)[C@H]2O)N(C)C1. The van der Waals surface area contributed by atoms with Gasteiger partial charge in [0.1, 0.15) is 24.4 Å². The first-order valence-corrected chi connectivity index (χ1v) is 11.8. The van der Waals surface area contributed by atoms with E-state index in [9.17, 15) is 24.3 Å². The van der Waals surface area contributed by atoms with Crippen LogP contribution >= 0.6 is 11.6 Å². The van der Waals surface area contributed by atoms with Crippen molar-refractivity contribution in [1.29, 1.82) is 0 Å². The molecule has 0 aliphatic carbocycles. The lowest BCUT2D eigenvalue weighted by molar-refractivity contribution is -0.206. The highest BCUT2D eigenvalue weighted by atomic mass is 35.5. The first-order chi connectivity index (χ1) is 13.1. The van der Waals surface area contributed by atoms with Crippen LogP contribution in [0.3, 0.4) is 0 Å². The first kappa shape index (κ1) is 24.0. The number of carbonyl (C=O) groups excluding carboxylic acids is 1. The Morgan fingerprint density at radius 1 is 1.32 bits per heavy atom. The molecule has 2 fully saturated rings. The number of hydrogen-bond donors (Lipinski definition) is 4. The van der Waals surface area contributed by atoms with Crippen molar-refractivity contribution in [3.63, 3.8) is 0 Å². The lowest BCUT2D eigenvalue weighted by Gasteiger charge is -2.43. The van der Waals surface area contributed by atoms with Gasteiger partial charge in [0.2, 0.25) is 5.91 Å². The van der Waals surface area contributed by atoms with Gasteiger partial charge in [0.25, 0.3) is 0 Å². The molecule has 0 aromatic rings. The molecule has 1 amide bonds. The third-order valence-corrected chi connectivity index (χ3v) is 7.04. The number of amides is 1. The van der Waals surface area contributed by atoms with Crippen molar-refractivity contribution in [2.45, 2.75) is 80.4 Å². The van der Waals surface area contributed by atoms with Crippen molar-refractivity contribution in [3.8, 4) is 0 Å². The maximum Gasteiger partial charge on any atom is 0.237 e. The van der Waals surface area contributed by atoms with Gasteiger partial charge in [-0.1, -0.05) is 13.3 Å². The molecule has 10 atom stereocenters. The Kier molecular flexibility index (Phi) is 8.69. The molecule has 8 nitrogen and oxygen atoms in total. The Morgan fingerprint density at radius 2 is 1.96 bits per heavy atom. The number of aliphatic hydroxyl groups excluding tert-OH is 3. The molecule has 28 heavy (non-hydrogen) atoms. The average Bonchev–Trinajstić information content (AvgIpc) is 2.98. The summed E-state index contributed by atoms with van der Waals surface area (Å²) in [5.41, 5.74) is -1.18. The van der Waals surface area contributed by atoms with Crippen molar-refractivity contribution in [3.05, 3.63) is 0 Å². The van der Waals surface area contributed by atoms with Crippen molar-refractivity contribution in [2.24, 2.45) is 5.92 Å². The van der Waals surface area contributed by atoms with Crippen LogP contribution in [0.1, 0.15) is 33.1 Å². The number of alkyl halides is 1. The van der Waals surface area contributed by atoms with E-state index in [1.165, 1.54) is 6.26 Å². The number of hydrogen-bond acceptors (Lipinski definition) is 7. The summed E-state index contributed by atoms with van der Waals surface area (Å²) in [5, 5.41) is 32.8. The van der Waals surface area contributed by atoms with Crippen LogP contribution in [0, 0.1) is 5.92 Å². The summed E-state index contributed by atoms with van der Waals surface area (Å²) >= 11 is 6.28. The minimum atomic E-state index is -1.60. The van der Waals surface area contributed by atoms with Crippen LogP contribution < -0.4 is 5.32 Å². The molecule has 4 N–H and O–H groups in total. The van der Waals surface area contributed by atoms with Crippen molar-refractivity contribution >= 4 is 28.3 Å². The third kappa shape index (κ3) is 5.24. The van der Waals surface area contributed by atoms with Crippen LogP contribution in [0.2, 0.25) is 0 Å². The smallest absolute Gasteiger partial charge is 0.237 e. The summed E-state index contributed by atoms with van der Waals surface area (Å²) in [6.07, 6.45) is -1.41. The summed E-state index contributed by atoms with van der Waals surface area (Å²) in [6.45, 7) is 4.61. The van der Waals surface area contributed by atoms with E-state index < -0.39 is 52.1 Å². The fourth-order valence-corrected chi connectivity index (χ4v) is 5.24. The Labute approximate surface area is 174 Å². The highest BCUT2D eigenvalue weighted by molar-refractivity contribution is 7.84. The van der Waals surface area contributed by atoms with Gasteiger partial charge in [-0.3, -0.25) is 13.9 Å². The van der Waals surface area contributed by atoms with Gasteiger partial charge in [0.05, 0.1) is 28.3 Å². The van der Waals surface area contributed by atoms with Gasteiger partial charge in [-0.05, 0) is 32.7 Å². The van der Waals surface area contributed by atoms with Crippen LogP contribution in [0.15, 0.2) is 0 Å². The van der Waals surface area contributed by atoms with Crippen molar-refractivity contribution in [2.75, 3.05) is 19.8 Å². The van der Waals surface area contributed by atoms with E-state index in [1.54, 1.807) is 6.92 Å². The fourth-order valence-electron chi connectivity index (χ4n) is 4.19. The molecule has 0 aromatic heterocycles. The lowest BCUT2D eigenvalue weighted by Crippen LogP contribution is -2.66. The maximum absolute atomic E-state index is 12.9. The molecule has 0 spiro atoms. The number of ether oxygens (including phenoxy) is 1. The van der Waals surface area contributed by atoms with Crippen molar-refractivity contribution in [1.82, 2.24) is 10.2 Å². The zero-order valence-corrected chi connectivity index (χ0v) is 18.4. The predicted octanol–water partition coefficient (Wildman–Crippen LogP) is -0.595. The fraction of sp³-hybridized carbons (Fsp3) is 0.944. The number of carbonyl (C=O) groups is 1. The highest BCUT2D eigenvalue weighted by Gasteiger charge is 2.49. The maximum atomic E-state index is 12.9. The summed E-state index contributed by atoms with van der Waals surface area (Å²) in [4.78, 5) is 14.9. The molecule has 0 radical (unpaired) electrons. The molecule has 0 bridgehead atoms. The number of likely N-dealkylation sites (N-methyl/N-ethyl adjacent to an activating group) is 1. The zero-order chi connectivity index (χ0) is 21.2. The molecule has 164 valence electrons. The zero-order valence-electron chi connectivity index (χ0n) is 16.8. The molecule has 0 aromatic carbocycles. The molecule has 2 heterocycles. The van der Waals surface area contributed by atoms with Gasteiger partial charge in [-0.15, -0.1) is 11.6 Å². The Morgan fingerprint density at radius 3 is 2.50 bits per heavy atom. The van der Waals surface area contributed by atoms with E-state index in [1.807, 2.05) is 11.9 Å². The van der Waals surface area contributed by atoms with E-state index in [0.29, 0.717) is 5.92 Å². The minimum Gasteiger partial charge on any atom is -0.388 e. The topological polar surface area (TPSA) is 119 Å². The third-order valence-electron chi connectivity index (χ3n) is 5.73. The number of rotatable bonds is 7. The molecule has 2 rings (SSSR count). The molecule has 7 unspecified atom stereocenters. The Hall–Kier alpha value is -0.290. The Balaban J connectivity index is 2.14. The normalized spacial score (nSPS) is 40.1. The predicted molar refractivity (Wildman–Crippen MR) is 107 cm³/mol. The van der Waals surface area contributed by atoms with E-state index in [2.05, 4.69) is 12.2 Å². The number of nitrogens with zero attached hydrogens (tertiary/aromatic N) is 1. The second-order valence-electron chi connectivity index (χ2n) is 8.00. The van der Waals surface area contributed by atoms with Gasteiger partial charge < -0.3 is 25.4 Å². The second-order valence-corrected chi connectivity index (χ2v) is 10.1. The molecular weight excluding hydrogens is 408 g/mol. The van der Waals surface area contributed by atoms with E-state index in [0.717, 1.165) is 25.8 Å². The van der Waals surface area contributed by atoms with Crippen LogP contribution in [0.4, 0.5) is 0 Å². The number of likely N-dealkylation sites (tertiary alicyclic amines) is 1. The minimum absolute atomic E-state index is 0.218. The van der Waals surface area contributed by atoms with Gasteiger partial charge in [-0.25, -0.2) is 0 Å². The molecule has 2 aliphatic rings. The van der Waals surface area contributed by atoms with E-state index in [4.69, 9.17) is 16.3 Å². The van der Waals surface area contributed by atoms with Crippen LogP contribution in [-0.4, -0.2) is 97.5 Å².